The zero-order chi connectivity index (χ0) is 23.1. The zero-order valence-electron chi connectivity index (χ0n) is 17.4. The third-order valence-electron chi connectivity index (χ3n) is 4.95. The average molecular weight is 448 g/mol. The van der Waals surface area contributed by atoms with E-state index in [1.165, 1.54) is 17.5 Å². The first-order valence-electron chi connectivity index (χ1n) is 10.0. The number of furan rings is 1. The molecule has 9 heteroatoms. The largest absolute Gasteiger partial charge is 0.490 e. The number of fused-ring (bicyclic) bond motifs is 1. The number of nitrogens with zero attached hydrogens (tertiary/aromatic N) is 1. The second-order valence-corrected chi connectivity index (χ2v) is 7.32. The minimum absolute atomic E-state index is 0.383. The second kappa shape index (κ2) is 10.3. The Bertz CT molecular complexity index is 1040. The van der Waals surface area contributed by atoms with Gasteiger partial charge in [-0.05, 0) is 55.2 Å². The summed E-state index contributed by atoms with van der Waals surface area (Å²) in [6, 6.07) is 12.6. The molecule has 2 heterocycles. The molecule has 4 rings (SSSR count). The standard InChI is InChI=1S/C21H22N2O2.C2HF3O2/c1-15-12-16(7-8-20(15)25-17-4-3-10-22-14-17)13-23-19-5-2-6-21-18(19)9-11-24-21;3-2(4,5)1(6)7/h3-4,7-12,14,19,23H,2,5-6,13H2,1H3;(H,6,7). The van der Waals surface area contributed by atoms with Gasteiger partial charge in [0, 0.05) is 30.8 Å². The maximum Gasteiger partial charge on any atom is 0.490 e. The van der Waals surface area contributed by atoms with Crippen LogP contribution in [0.1, 0.15) is 41.3 Å². The van der Waals surface area contributed by atoms with E-state index in [1.807, 2.05) is 18.2 Å². The molecule has 3 aromatic rings. The maximum atomic E-state index is 10.6. The monoisotopic (exact) mass is 448 g/mol. The smallest absolute Gasteiger partial charge is 0.475 e. The normalized spacial score (nSPS) is 15.3. The molecule has 32 heavy (non-hydrogen) atoms. The van der Waals surface area contributed by atoms with E-state index in [1.54, 1.807) is 18.7 Å². The number of nitrogens with one attached hydrogen (secondary N) is 1. The van der Waals surface area contributed by atoms with Crippen molar-refractivity contribution in [2.45, 2.75) is 44.9 Å². The Balaban J connectivity index is 0.000000360. The Kier molecular flexibility index (Phi) is 7.53. The summed E-state index contributed by atoms with van der Waals surface area (Å²) in [5.74, 6) is 0.00496. The number of alkyl halides is 3. The molecule has 0 radical (unpaired) electrons. The number of ether oxygens (including phenoxy) is 1. The molecule has 0 fully saturated rings. The Morgan fingerprint density at radius 1 is 1.31 bits per heavy atom. The highest BCUT2D eigenvalue weighted by Gasteiger charge is 2.38. The van der Waals surface area contributed by atoms with Crippen LogP contribution in [0.15, 0.2) is 59.5 Å². The molecular weight excluding hydrogens is 425 g/mol. The molecule has 0 amide bonds. The molecule has 0 spiro atoms. The van der Waals surface area contributed by atoms with Crippen LogP contribution >= 0.6 is 0 Å². The predicted octanol–water partition coefficient (Wildman–Crippen LogP) is 5.58. The summed E-state index contributed by atoms with van der Waals surface area (Å²) in [4.78, 5) is 13.0. The lowest BCUT2D eigenvalue weighted by Gasteiger charge is -2.23. The van der Waals surface area contributed by atoms with Crippen LogP contribution < -0.4 is 10.1 Å². The van der Waals surface area contributed by atoms with Crippen LogP contribution in [0, 0.1) is 6.92 Å². The fourth-order valence-corrected chi connectivity index (χ4v) is 3.41. The van der Waals surface area contributed by atoms with E-state index < -0.39 is 12.1 Å². The number of pyridine rings is 1. The number of carbonyl (C=O) groups is 1. The van der Waals surface area contributed by atoms with Crippen LogP contribution in [0.25, 0.3) is 0 Å². The number of carboxylic acid groups (broad SMARTS) is 1. The van der Waals surface area contributed by atoms with Crippen molar-refractivity contribution in [1.82, 2.24) is 10.3 Å². The van der Waals surface area contributed by atoms with Gasteiger partial charge in [-0.3, -0.25) is 4.98 Å². The molecule has 1 aromatic carbocycles. The fraction of sp³-hybridized carbons (Fsp3) is 0.304. The van der Waals surface area contributed by atoms with E-state index in [0.29, 0.717) is 6.04 Å². The van der Waals surface area contributed by atoms with Gasteiger partial charge in [0.05, 0.1) is 12.5 Å². The highest BCUT2D eigenvalue weighted by Crippen LogP contribution is 2.31. The summed E-state index contributed by atoms with van der Waals surface area (Å²) >= 11 is 0. The SMILES string of the molecule is Cc1cc(CNC2CCCc3occc32)ccc1Oc1cccnc1.O=C(O)C(F)(F)F. The summed E-state index contributed by atoms with van der Waals surface area (Å²) in [6.07, 6.45) is 3.58. The topological polar surface area (TPSA) is 84.6 Å². The molecule has 1 atom stereocenters. The molecule has 170 valence electrons. The van der Waals surface area contributed by atoms with Gasteiger partial charge in [-0.1, -0.05) is 12.1 Å². The van der Waals surface area contributed by atoms with Crippen molar-refractivity contribution in [3.05, 3.63) is 77.5 Å². The van der Waals surface area contributed by atoms with Crippen molar-refractivity contribution in [2.75, 3.05) is 0 Å². The minimum atomic E-state index is -5.08. The lowest BCUT2D eigenvalue weighted by Crippen LogP contribution is -2.24. The lowest BCUT2D eigenvalue weighted by molar-refractivity contribution is -0.192. The van der Waals surface area contributed by atoms with E-state index in [0.717, 1.165) is 42.2 Å². The van der Waals surface area contributed by atoms with Gasteiger partial charge in [0.15, 0.2) is 0 Å². The molecule has 2 N–H and O–H groups in total. The molecule has 1 aliphatic rings. The summed E-state index contributed by atoms with van der Waals surface area (Å²) in [6.45, 7) is 2.91. The lowest BCUT2D eigenvalue weighted by atomic mass is 9.93. The highest BCUT2D eigenvalue weighted by molar-refractivity contribution is 5.73. The van der Waals surface area contributed by atoms with Crippen LogP contribution in [0.5, 0.6) is 11.5 Å². The van der Waals surface area contributed by atoms with Crippen molar-refractivity contribution in [1.29, 1.82) is 0 Å². The number of aromatic nitrogens is 1. The van der Waals surface area contributed by atoms with E-state index in [2.05, 4.69) is 35.4 Å². The molecule has 0 saturated heterocycles. The molecule has 2 aromatic heterocycles. The first-order valence-corrected chi connectivity index (χ1v) is 10.0. The maximum absolute atomic E-state index is 10.6. The van der Waals surface area contributed by atoms with Gasteiger partial charge in [-0.15, -0.1) is 0 Å². The number of aliphatic carboxylic acids is 1. The van der Waals surface area contributed by atoms with E-state index >= 15 is 0 Å². The predicted molar refractivity (Wildman–Crippen MR) is 110 cm³/mol. The third kappa shape index (κ3) is 6.34. The van der Waals surface area contributed by atoms with Crippen LogP contribution in [0.2, 0.25) is 0 Å². The molecule has 6 nitrogen and oxygen atoms in total. The van der Waals surface area contributed by atoms with Crippen LogP contribution in [0.4, 0.5) is 13.2 Å². The number of halogens is 3. The Hall–Kier alpha value is -3.33. The molecule has 0 bridgehead atoms. The average Bonchev–Trinajstić information content (AvgIpc) is 3.24. The van der Waals surface area contributed by atoms with Gasteiger partial charge < -0.3 is 19.6 Å². The molecule has 0 aliphatic heterocycles. The first-order chi connectivity index (χ1) is 15.2. The molecule has 0 saturated carbocycles. The van der Waals surface area contributed by atoms with E-state index in [4.69, 9.17) is 19.1 Å². The molecule has 1 unspecified atom stereocenters. The first kappa shape index (κ1) is 23.3. The van der Waals surface area contributed by atoms with E-state index in [9.17, 15) is 13.2 Å². The van der Waals surface area contributed by atoms with Crippen LogP contribution in [-0.4, -0.2) is 22.2 Å². The van der Waals surface area contributed by atoms with Gasteiger partial charge in [0.1, 0.15) is 17.3 Å². The Labute approximate surface area is 183 Å². The minimum Gasteiger partial charge on any atom is -0.475 e. The third-order valence-corrected chi connectivity index (χ3v) is 4.95. The van der Waals surface area contributed by atoms with E-state index in [-0.39, 0.29) is 0 Å². The summed E-state index contributed by atoms with van der Waals surface area (Å²) in [5, 5.41) is 10.8. The van der Waals surface area contributed by atoms with Gasteiger partial charge in [0.2, 0.25) is 0 Å². The summed E-state index contributed by atoms with van der Waals surface area (Å²) < 4.78 is 43.2. The van der Waals surface area contributed by atoms with Crippen LogP contribution in [0.3, 0.4) is 0 Å². The number of benzene rings is 1. The van der Waals surface area contributed by atoms with Crippen LogP contribution in [-0.2, 0) is 17.8 Å². The van der Waals surface area contributed by atoms with Gasteiger partial charge in [-0.25, -0.2) is 4.79 Å². The number of aryl methyl sites for hydroxylation is 2. The summed E-state index contributed by atoms with van der Waals surface area (Å²) in [5.41, 5.74) is 3.70. The Morgan fingerprint density at radius 2 is 2.09 bits per heavy atom. The van der Waals surface area contributed by atoms with Crippen molar-refractivity contribution >= 4 is 5.97 Å². The summed E-state index contributed by atoms with van der Waals surface area (Å²) in [7, 11) is 0. The highest BCUT2D eigenvalue weighted by atomic mass is 19.4. The number of carboxylic acids is 1. The van der Waals surface area contributed by atoms with Crippen molar-refractivity contribution in [2.24, 2.45) is 0 Å². The second-order valence-electron chi connectivity index (χ2n) is 7.32. The number of hydrogen-bond donors (Lipinski definition) is 2. The molecule has 1 aliphatic carbocycles. The van der Waals surface area contributed by atoms with Crippen molar-refractivity contribution < 1.29 is 32.2 Å². The Morgan fingerprint density at radius 3 is 2.75 bits per heavy atom. The zero-order valence-corrected chi connectivity index (χ0v) is 17.4. The number of rotatable bonds is 5. The van der Waals surface area contributed by atoms with Crippen molar-refractivity contribution in [3.63, 3.8) is 0 Å². The van der Waals surface area contributed by atoms with Gasteiger partial charge >= 0.3 is 12.1 Å². The molecular formula is C23H23F3N2O4. The van der Waals surface area contributed by atoms with Gasteiger partial charge in [-0.2, -0.15) is 13.2 Å². The fourth-order valence-electron chi connectivity index (χ4n) is 3.41. The number of hydrogen-bond acceptors (Lipinski definition) is 5. The van der Waals surface area contributed by atoms with Gasteiger partial charge in [0.25, 0.3) is 0 Å². The van der Waals surface area contributed by atoms with Crippen molar-refractivity contribution in [3.8, 4) is 11.5 Å². The quantitative estimate of drug-likeness (QED) is 0.530.